The zero-order valence-corrected chi connectivity index (χ0v) is 13.0. The predicted molar refractivity (Wildman–Crippen MR) is 66.8 cm³/mol. The molecule has 0 aliphatic rings. The van der Waals surface area contributed by atoms with Gasteiger partial charge in [-0.2, -0.15) is 0 Å². The van der Waals surface area contributed by atoms with E-state index in [0.717, 1.165) is 19.3 Å². The maximum Gasteiger partial charge on any atom is 0.184 e. The molecule has 0 unspecified atom stereocenters. The van der Waals surface area contributed by atoms with Crippen LogP contribution in [0.1, 0.15) is 26.2 Å². The average molecular weight is 430 g/mol. The van der Waals surface area contributed by atoms with Gasteiger partial charge in [0.15, 0.2) is 5.78 Å². The van der Waals surface area contributed by atoms with E-state index in [-0.39, 0.29) is 9.52 Å². The van der Waals surface area contributed by atoms with E-state index in [1.54, 1.807) is 0 Å². The van der Waals surface area contributed by atoms with Crippen molar-refractivity contribution >= 4 is 69.5 Å². The van der Waals surface area contributed by atoms with Crippen molar-refractivity contribution in [1.29, 1.82) is 0 Å². The van der Waals surface area contributed by atoms with Crippen molar-refractivity contribution in [1.82, 2.24) is 0 Å². The molecular weight excluding hydrogens is 420 g/mol. The van der Waals surface area contributed by atoms with Crippen LogP contribution in [0.2, 0.25) is 0 Å². The largest absolute Gasteiger partial charge is 0.295 e. The van der Waals surface area contributed by atoms with Crippen LogP contribution in [0, 0.1) is 0 Å². The van der Waals surface area contributed by atoms with Crippen LogP contribution in [0.4, 0.5) is 0 Å². The molecule has 1 nitrogen and oxygen atoms in total. The summed E-state index contributed by atoms with van der Waals surface area (Å²) in [7, 11) is 0. The van der Waals surface area contributed by atoms with Crippen molar-refractivity contribution in [2.45, 2.75) is 33.2 Å². The van der Waals surface area contributed by atoms with Gasteiger partial charge < -0.3 is 0 Å². The van der Waals surface area contributed by atoms with Crippen LogP contribution >= 0.6 is 63.7 Å². The van der Waals surface area contributed by atoms with E-state index in [2.05, 4.69) is 70.6 Å². The topological polar surface area (TPSA) is 17.1 Å². The summed E-state index contributed by atoms with van der Waals surface area (Å²) in [5, 5.41) is 0. The summed E-state index contributed by atoms with van der Waals surface area (Å²) in [6.07, 6.45) is 2.91. The zero-order chi connectivity index (χ0) is 9.78. The maximum atomic E-state index is 11.5. The molecule has 0 spiro atoms. The molecule has 0 aliphatic heterocycles. The first-order valence-corrected chi connectivity index (χ1v) is 7.04. The first-order chi connectivity index (χ1) is 5.41. The van der Waals surface area contributed by atoms with E-state index in [9.17, 15) is 4.79 Å². The van der Waals surface area contributed by atoms with E-state index in [4.69, 9.17) is 0 Å². The van der Waals surface area contributed by atoms with Crippen LogP contribution in [0.3, 0.4) is 0 Å². The summed E-state index contributed by atoms with van der Waals surface area (Å²) in [5.41, 5.74) is 0. The first kappa shape index (κ1) is 13.6. The van der Waals surface area contributed by atoms with E-state index in [1.165, 1.54) is 0 Å². The van der Waals surface area contributed by atoms with Gasteiger partial charge >= 0.3 is 0 Å². The lowest BCUT2D eigenvalue weighted by Gasteiger charge is -2.19. The number of Topliss-reactive ketones (excluding diaryl/α,β-unsaturated/α-hetero) is 1. The SMILES string of the molecule is CCCCC(Br)(Br)C(=O)C(Br)Br. The fourth-order valence-electron chi connectivity index (χ4n) is 0.682. The zero-order valence-electron chi connectivity index (χ0n) is 6.62. The van der Waals surface area contributed by atoms with Crippen LogP contribution in [-0.2, 0) is 4.79 Å². The molecule has 0 heterocycles. The number of carbonyl (C=O) groups is 1. The van der Waals surface area contributed by atoms with E-state index in [1.807, 2.05) is 0 Å². The molecule has 0 aromatic carbocycles. The van der Waals surface area contributed by atoms with Gasteiger partial charge in [-0.1, -0.05) is 83.5 Å². The van der Waals surface area contributed by atoms with Gasteiger partial charge in [0.2, 0.25) is 0 Å². The number of ketones is 1. The van der Waals surface area contributed by atoms with E-state index < -0.39 is 3.23 Å². The van der Waals surface area contributed by atoms with Crippen molar-refractivity contribution in [2.75, 3.05) is 0 Å². The second kappa shape index (κ2) is 6.14. The molecule has 12 heavy (non-hydrogen) atoms. The minimum atomic E-state index is -0.576. The summed E-state index contributed by atoms with van der Waals surface area (Å²) >= 11 is 13.1. The number of unbranched alkanes of at least 4 members (excludes halogenated alkanes) is 1. The summed E-state index contributed by atoms with van der Waals surface area (Å²) in [6.45, 7) is 2.10. The minimum Gasteiger partial charge on any atom is -0.295 e. The van der Waals surface area contributed by atoms with Crippen LogP contribution in [0.15, 0.2) is 0 Å². The van der Waals surface area contributed by atoms with E-state index >= 15 is 0 Å². The van der Waals surface area contributed by atoms with Gasteiger partial charge in [-0.25, -0.2) is 0 Å². The second-order valence-corrected chi connectivity index (χ2v) is 9.30. The smallest absolute Gasteiger partial charge is 0.184 e. The molecule has 72 valence electrons. The maximum absolute atomic E-state index is 11.5. The number of alkyl halides is 4. The fraction of sp³-hybridized carbons (Fsp3) is 0.857. The lowest BCUT2D eigenvalue weighted by molar-refractivity contribution is -0.117. The van der Waals surface area contributed by atoms with Gasteiger partial charge in [0, 0.05) is 0 Å². The Morgan fingerprint density at radius 1 is 1.42 bits per heavy atom. The number of hydrogen-bond donors (Lipinski definition) is 0. The molecule has 0 N–H and O–H groups in total. The molecule has 0 saturated heterocycles. The molecule has 0 aromatic heterocycles. The molecule has 0 atom stereocenters. The molecule has 0 radical (unpaired) electrons. The van der Waals surface area contributed by atoms with Crippen molar-refractivity contribution in [3.8, 4) is 0 Å². The van der Waals surface area contributed by atoms with Crippen LogP contribution in [0.25, 0.3) is 0 Å². The van der Waals surface area contributed by atoms with Crippen LogP contribution in [0.5, 0.6) is 0 Å². The Balaban J connectivity index is 4.09. The molecule has 5 heteroatoms. The summed E-state index contributed by atoms with van der Waals surface area (Å²) in [6, 6.07) is 0. The Kier molecular flexibility index (Phi) is 6.96. The van der Waals surface area contributed by atoms with Gasteiger partial charge in [0.1, 0.15) is 6.97 Å². The Morgan fingerprint density at radius 2 is 1.92 bits per heavy atom. The highest BCUT2D eigenvalue weighted by Gasteiger charge is 2.34. The number of carbonyl (C=O) groups excluding carboxylic acids is 1. The van der Waals surface area contributed by atoms with E-state index in [0.29, 0.717) is 0 Å². The molecule has 0 fully saturated rings. The minimum absolute atomic E-state index is 0.0657. The molecule has 0 aliphatic carbocycles. The Labute approximate surface area is 107 Å². The standard InChI is InChI=1S/C7H10Br4O/c1-2-3-4-7(10,11)5(12)6(8)9/h6H,2-4H2,1H3. The van der Waals surface area contributed by atoms with Crippen molar-refractivity contribution in [3.05, 3.63) is 0 Å². The lowest BCUT2D eigenvalue weighted by Crippen LogP contribution is -2.29. The van der Waals surface area contributed by atoms with Gasteiger partial charge in [-0.15, -0.1) is 0 Å². The monoisotopic (exact) mass is 426 g/mol. The Bertz CT molecular complexity index is 155. The lowest BCUT2D eigenvalue weighted by atomic mass is 10.1. The Morgan fingerprint density at radius 3 is 2.25 bits per heavy atom. The fourth-order valence-corrected chi connectivity index (χ4v) is 3.71. The Hall–Kier alpha value is 1.59. The molecule has 0 aromatic rings. The number of halogens is 4. The normalized spacial score (nSPS) is 12.2. The van der Waals surface area contributed by atoms with Gasteiger partial charge in [-0.3, -0.25) is 4.79 Å². The molecular formula is C7H10Br4O. The molecule has 0 saturated carbocycles. The summed E-state index contributed by atoms with van der Waals surface area (Å²) in [5.74, 6) is 0.0657. The summed E-state index contributed by atoms with van der Waals surface area (Å²) in [4.78, 5) is 11.5. The number of hydrogen-bond acceptors (Lipinski definition) is 1. The van der Waals surface area contributed by atoms with Gasteiger partial charge in [0.05, 0.1) is 0 Å². The second-order valence-electron chi connectivity index (χ2n) is 2.47. The first-order valence-electron chi connectivity index (χ1n) is 3.62. The number of rotatable bonds is 5. The predicted octanol–water partition coefficient (Wildman–Crippen LogP) is 4.35. The van der Waals surface area contributed by atoms with Crippen molar-refractivity contribution in [3.63, 3.8) is 0 Å². The van der Waals surface area contributed by atoms with Crippen molar-refractivity contribution in [2.24, 2.45) is 0 Å². The van der Waals surface area contributed by atoms with Crippen molar-refractivity contribution < 1.29 is 4.79 Å². The van der Waals surface area contributed by atoms with Gasteiger partial charge in [0.25, 0.3) is 0 Å². The highest BCUT2D eigenvalue weighted by molar-refractivity contribution is 9.27. The third kappa shape index (κ3) is 4.72. The molecule has 0 rings (SSSR count). The average Bonchev–Trinajstić information content (AvgIpc) is 1.99. The van der Waals surface area contributed by atoms with Gasteiger partial charge in [-0.05, 0) is 6.42 Å². The molecule has 0 amide bonds. The third-order valence-corrected chi connectivity index (χ3v) is 3.81. The van der Waals surface area contributed by atoms with Crippen LogP contribution in [-0.4, -0.2) is 12.8 Å². The third-order valence-electron chi connectivity index (χ3n) is 1.40. The highest BCUT2D eigenvalue weighted by atomic mass is 79.9. The van der Waals surface area contributed by atoms with Crippen LogP contribution < -0.4 is 0 Å². The molecule has 0 bridgehead atoms. The summed E-state index contributed by atoms with van der Waals surface area (Å²) < 4.78 is -0.867. The highest BCUT2D eigenvalue weighted by Crippen LogP contribution is 2.36. The quantitative estimate of drug-likeness (QED) is 0.594.